The normalized spacial score (nSPS) is 11.8. The van der Waals surface area contributed by atoms with Gasteiger partial charge in [-0.1, -0.05) is 61.5 Å². The van der Waals surface area contributed by atoms with E-state index in [1.165, 1.54) is 6.07 Å². The van der Waals surface area contributed by atoms with Crippen LogP contribution in [0.5, 0.6) is 0 Å². The summed E-state index contributed by atoms with van der Waals surface area (Å²) in [4.78, 5) is 12.1. The Morgan fingerprint density at radius 3 is 2.55 bits per heavy atom. The van der Waals surface area contributed by atoms with Gasteiger partial charge in [-0.05, 0) is 35.6 Å². The average molecular weight is 389 g/mol. The highest BCUT2D eigenvalue weighted by Crippen LogP contribution is 2.29. The molecule has 4 aromatic rings. The molecular weight excluding hydrogens is 366 g/mol. The number of benzene rings is 2. The second-order valence-electron chi connectivity index (χ2n) is 7.22. The van der Waals surface area contributed by atoms with E-state index in [1.807, 2.05) is 62.4 Å². The van der Waals surface area contributed by atoms with Gasteiger partial charge in [-0.3, -0.25) is 0 Å². The van der Waals surface area contributed by atoms with Gasteiger partial charge >= 0.3 is 5.63 Å². The molecule has 0 spiro atoms. The summed E-state index contributed by atoms with van der Waals surface area (Å²) in [5.74, 6) is 0. The lowest BCUT2D eigenvalue weighted by Gasteiger charge is -2.21. The van der Waals surface area contributed by atoms with Crippen molar-refractivity contribution in [3.8, 4) is 11.1 Å². The molecule has 6 nitrogen and oxygen atoms in total. The van der Waals surface area contributed by atoms with E-state index in [2.05, 4.69) is 10.3 Å². The molecule has 4 rings (SSSR count). The summed E-state index contributed by atoms with van der Waals surface area (Å²) < 4.78 is 7.14. The quantitative estimate of drug-likeness (QED) is 0.502. The van der Waals surface area contributed by atoms with Gasteiger partial charge in [0.15, 0.2) is 0 Å². The van der Waals surface area contributed by atoms with Crippen LogP contribution in [0, 0.1) is 0 Å². The first-order valence-corrected chi connectivity index (χ1v) is 9.77. The van der Waals surface area contributed by atoms with Crippen molar-refractivity contribution >= 4 is 11.0 Å². The van der Waals surface area contributed by atoms with E-state index in [9.17, 15) is 9.90 Å². The van der Waals surface area contributed by atoms with Crippen molar-refractivity contribution < 1.29 is 9.52 Å². The van der Waals surface area contributed by atoms with E-state index in [0.717, 1.165) is 22.1 Å². The maximum absolute atomic E-state index is 12.1. The topological polar surface area (TPSA) is 81.2 Å². The molecule has 2 aromatic heterocycles. The molecule has 0 aliphatic heterocycles. The predicted molar refractivity (Wildman–Crippen MR) is 112 cm³/mol. The Labute approximate surface area is 168 Å². The number of rotatable bonds is 6. The van der Waals surface area contributed by atoms with Crippen LogP contribution in [0.15, 0.2) is 70.0 Å². The lowest BCUT2D eigenvalue weighted by molar-refractivity contribution is 0.0239. The second-order valence-corrected chi connectivity index (χ2v) is 7.22. The van der Waals surface area contributed by atoms with Gasteiger partial charge in [-0.15, -0.1) is 5.10 Å². The summed E-state index contributed by atoms with van der Waals surface area (Å²) in [5, 5.41) is 19.8. The minimum atomic E-state index is -0.959. The Balaban J connectivity index is 1.69. The van der Waals surface area contributed by atoms with Crippen LogP contribution < -0.4 is 5.63 Å². The number of nitrogens with zero attached hydrogens (tertiary/aromatic N) is 3. The third kappa shape index (κ3) is 3.71. The number of hydrogen-bond donors (Lipinski definition) is 1. The molecule has 0 saturated heterocycles. The van der Waals surface area contributed by atoms with Crippen molar-refractivity contribution in [2.24, 2.45) is 0 Å². The summed E-state index contributed by atoms with van der Waals surface area (Å²) >= 11 is 0. The number of aliphatic hydroxyl groups is 1. The van der Waals surface area contributed by atoms with Gasteiger partial charge in [0.2, 0.25) is 0 Å². The van der Waals surface area contributed by atoms with Crippen LogP contribution in [0.1, 0.15) is 37.9 Å². The Morgan fingerprint density at radius 1 is 1.07 bits per heavy atom. The van der Waals surface area contributed by atoms with Gasteiger partial charge in [-0.25, -0.2) is 9.48 Å². The molecule has 0 aliphatic carbocycles. The first-order chi connectivity index (χ1) is 14.0. The summed E-state index contributed by atoms with van der Waals surface area (Å²) in [6, 6.07) is 17.1. The van der Waals surface area contributed by atoms with Crippen LogP contribution in [0.4, 0.5) is 0 Å². The zero-order chi connectivity index (χ0) is 20.4. The standard InChI is InChI=1S/C23H23N3O3/c1-3-23(28,4-2)21-15-26(25-24-21)14-16-10-11-18-19(17-8-6-5-7-9-17)13-22(27)29-20(18)12-16/h5-13,15,28H,3-4,14H2,1-2H3. The van der Waals surface area contributed by atoms with Crippen LogP contribution in [0.2, 0.25) is 0 Å². The minimum Gasteiger partial charge on any atom is -0.423 e. The van der Waals surface area contributed by atoms with Gasteiger partial charge in [0.25, 0.3) is 0 Å². The molecule has 0 fully saturated rings. The predicted octanol–water partition coefficient (Wildman–Crippen LogP) is 4.11. The summed E-state index contributed by atoms with van der Waals surface area (Å²) in [7, 11) is 0. The van der Waals surface area contributed by atoms with E-state index in [0.29, 0.717) is 30.7 Å². The zero-order valence-electron chi connectivity index (χ0n) is 16.5. The lowest BCUT2D eigenvalue weighted by atomic mass is 9.94. The fraction of sp³-hybridized carbons (Fsp3) is 0.261. The number of aromatic nitrogens is 3. The van der Waals surface area contributed by atoms with Gasteiger partial charge in [0.1, 0.15) is 16.9 Å². The van der Waals surface area contributed by atoms with E-state index < -0.39 is 5.60 Å². The molecule has 148 valence electrons. The van der Waals surface area contributed by atoms with Gasteiger partial charge in [0, 0.05) is 11.5 Å². The monoisotopic (exact) mass is 389 g/mol. The summed E-state index contributed by atoms with van der Waals surface area (Å²) in [5.41, 5.74) is 2.51. The molecule has 1 N–H and O–H groups in total. The Morgan fingerprint density at radius 2 is 1.83 bits per heavy atom. The van der Waals surface area contributed by atoms with Crippen LogP contribution >= 0.6 is 0 Å². The van der Waals surface area contributed by atoms with E-state index in [-0.39, 0.29) is 5.63 Å². The number of hydrogen-bond acceptors (Lipinski definition) is 5. The average Bonchev–Trinajstić information content (AvgIpc) is 3.22. The maximum Gasteiger partial charge on any atom is 0.336 e. The highest BCUT2D eigenvalue weighted by Gasteiger charge is 2.28. The van der Waals surface area contributed by atoms with Crippen LogP contribution in [-0.4, -0.2) is 20.1 Å². The highest BCUT2D eigenvalue weighted by atomic mass is 16.4. The third-order valence-corrected chi connectivity index (χ3v) is 5.42. The first-order valence-electron chi connectivity index (χ1n) is 9.77. The zero-order valence-corrected chi connectivity index (χ0v) is 16.5. The Hall–Kier alpha value is -3.25. The van der Waals surface area contributed by atoms with Crippen molar-refractivity contribution in [3.63, 3.8) is 0 Å². The largest absolute Gasteiger partial charge is 0.423 e. The van der Waals surface area contributed by atoms with Crippen LogP contribution in [0.3, 0.4) is 0 Å². The molecule has 29 heavy (non-hydrogen) atoms. The molecule has 0 radical (unpaired) electrons. The van der Waals surface area contributed by atoms with Gasteiger partial charge in [-0.2, -0.15) is 0 Å². The van der Waals surface area contributed by atoms with Gasteiger partial charge < -0.3 is 9.52 Å². The molecule has 0 bridgehead atoms. The molecule has 0 aliphatic rings. The summed E-state index contributed by atoms with van der Waals surface area (Å²) in [6.07, 6.45) is 2.92. The molecular formula is C23H23N3O3. The molecule has 6 heteroatoms. The lowest BCUT2D eigenvalue weighted by Crippen LogP contribution is -2.23. The van der Waals surface area contributed by atoms with Crippen molar-refractivity contribution in [1.29, 1.82) is 0 Å². The Kier molecular flexibility index (Phi) is 5.03. The molecule has 0 amide bonds. The first kappa shape index (κ1) is 19.1. The van der Waals surface area contributed by atoms with Crippen molar-refractivity contribution in [2.45, 2.75) is 38.8 Å². The van der Waals surface area contributed by atoms with Crippen LogP contribution in [-0.2, 0) is 12.1 Å². The molecule has 0 saturated carbocycles. The smallest absolute Gasteiger partial charge is 0.336 e. The maximum atomic E-state index is 12.1. The van der Waals surface area contributed by atoms with Crippen LogP contribution in [0.25, 0.3) is 22.1 Å². The fourth-order valence-corrected chi connectivity index (χ4v) is 3.55. The number of fused-ring (bicyclic) bond motifs is 1. The minimum absolute atomic E-state index is 0.382. The third-order valence-electron chi connectivity index (χ3n) is 5.42. The van der Waals surface area contributed by atoms with Crippen molar-refractivity contribution in [1.82, 2.24) is 15.0 Å². The molecule has 2 heterocycles. The Bertz CT molecular complexity index is 1190. The SMILES string of the molecule is CCC(O)(CC)c1cn(Cc2ccc3c(-c4ccccc4)cc(=O)oc3c2)nn1. The fourth-order valence-electron chi connectivity index (χ4n) is 3.55. The molecule has 0 unspecified atom stereocenters. The molecule has 0 atom stereocenters. The highest BCUT2D eigenvalue weighted by molar-refractivity contribution is 5.93. The second kappa shape index (κ2) is 7.64. The van der Waals surface area contributed by atoms with Crippen molar-refractivity contribution in [3.05, 3.63) is 82.5 Å². The van der Waals surface area contributed by atoms with E-state index in [1.54, 1.807) is 10.9 Å². The van der Waals surface area contributed by atoms with Crippen molar-refractivity contribution in [2.75, 3.05) is 0 Å². The van der Waals surface area contributed by atoms with E-state index in [4.69, 9.17) is 4.42 Å². The van der Waals surface area contributed by atoms with E-state index >= 15 is 0 Å². The molecule has 2 aromatic carbocycles. The van der Waals surface area contributed by atoms with Gasteiger partial charge in [0.05, 0.1) is 12.7 Å². The summed E-state index contributed by atoms with van der Waals surface area (Å²) in [6.45, 7) is 4.32.